The summed E-state index contributed by atoms with van der Waals surface area (Å²) in [7, 11) is 0. The molecule has 2 heteroatoms. The highest BCUT2D eigenvalue weighted by Gasteiger charge is 2.03. The molecule has 0 saturated heterocycles. The Balaban J connectivity index is 3.22. The van der Waals surface area contributed by atoms with Crippen LogP contribution in [0.3, 0.4) is 0 Å². The van der Waals surface area contributed by atoms with Crippen molar-refractivity contribution in [2.75, 3.05) is 18.8 Å². The summed E-state index contributed by atoms with van der Waals surface area (Å²) in [6, 6.07) is 0. The molecule has 0 aromatic rings. The summed E-state index contributed by atoms with van der Waals surface area (Å²) < 4.78 is 0. The van der Waals surface area contributed by atoms with Crippen LogP contribution in [-0.4, -0.2) is 24.1 Å². The van der Waals surface area contributed by atoms with Crippen molar-refractivity contribution in [1.82, 2.24) is 5.32 Å². The first-order valence-electron chi connectivity index (χ1n) is 5.84. The van der Waals surface area contributed by atoms with Crippen molar-refractivity contribution in [3.8, 4) is 0 Å². The quantitative estimate of drug-likeness (QED) is 0.625. The third-order valence-electron chi connectivity index (χ3n) is 2.04. The van der Waals surface area contributed by atoms with Crippen LogP contribution in [0, 0.1) is 11.8 Å². The van der Waals surface area contributed by atoms with Crippen LogP contribution in [-0.2, 0) is 0 Å². The van der Waals surface area contributed by atoms with Gasteiger partial charge in [0.1, 0.15) is 0 Å². The second kappa shape index (κ2) is 8.60. The van der Waals surface area contributed by atoms with Gasteiger partial charge in [-0.3, -0.25) is 0 Å². The summed E-state index contributed by atoms with van der Waals surface area (Å²) in [4.78, 5) is 0. The fourth-order valence-corrected chi connectivity index (χ4v) is 2.06. The normalized spacial score (nSPS) is 13.9. The first kappa shape index (κ1) is 14.3. The smallest absolute Gasteiger partial charge is 0.0144 e. The average Bonchev–Trinajstić information content (AvgIpc) is 2.08. The molecule has 1 unspecified atom stereocenters. The molecule has 0 saturated carbocycles. The van der Waals surface area contributed by atoms with E-state index in [-0.39, 0.29) is 0 Å². The Kier molecular flexibility index (Phi) is 8.80. The molecule has 1 atom stereocenters. The van der Waals surface area contributed by atoms with E-state index >= 15 is 0 Å². The number of hydrogen-bond acceptors (Lipinski definition) is 2. The summed E-state index contributed by atoms with van der Waals surface area (Å²) in [5.41, 5.74) is 0. The summed E-state index contributed by atoms with van der Waals surface area (Å²) in [5.74, 6) is 2.92. The minimum absolute atomic E-state index is 0.754. The fourth-order valence-electron chi connectivity index (χ4n) is 1.11. The summed E-state index contributed by atoms with van der Waals surface area (Å²) >= 11 is 2.08. The molecule has 14 heavy (non-hydrogen) atoms. The van der Waals surface area contributed by atoms with Gasteiger partial charge in [0, 0.05) is 11.8 Å². The van der Waals surface area contributed by atoms with Crippen LogP contribution in [0.15, 0.2) is 0 Å². The molecular formula is C12H27NS. The molecule has 1 N–H and O–H groups in total. The second-order valence-corrected chi connectivity index (χ2v) is 6.40. The predicted octanol–water partition coefficient (Wildman–Crippen LogP) is 3.40. The topological polar surface area (TPSA) is 12.0 Å². The predicted molar refractivity (Wildman–Crippen MR) is 69.1 cm³/mol. The highest BCUT2D eigenvalue weighted by Crippen LogP contribution is 2.13. The van der Waals surface area contributed by atoms with Gasteiger partial charge in [-0.1, -0.05) is 34.6 Å². The minimum Gasteiger partial charge on any atom is -0.316 e. The average molecular weight is 217 g/mol. The van der Waals surface area contributed by atoms with Gasteiger partial charge in [0.15, 0.2) is 0 Å². The van der Waals surface area contributed by atoms with Crippen molar-refractivity contribution in [3.05, 3.63) is 0 Å². The van der Waals surface area contributed by atoms with E-state index in [1.165, 1.54) is 18.7 Å². The summed E-state index contributed by atoms with van der Waals surface area (Å²) in [5, 5.41) is 4.27. The molecule has 0 aliphatic heterocycles. The number of rotatable bonds is 8. The van der Waals surface area contributed by atoms with E-state index in [0.29, 0.717) is 0 Å². The monoisotopic (exact) mass is 217 g/mol. The second-order valence-electron chi connectivity index (χ2n) is 4.92. The summed E-state index contributed by atoms with van der Waals surface area (Å²) in [6.45, 7) is 13.8. The molecule has 0 bridgehead atoms. The molecule has 0 radical (unpaired) electrons. The number of thioether (sulfide) groups is 1. The lowest BCUT2D eigenvalue weighted by Gasteiger charge is -2.14. The van der Waals surface area contributed by atoms with E-state index in [0.717, 1.165) is 23.6 Å². The zero-order valence-corrected chi connectivity index (χ0v) is 11.3. The number of hydrogen-bond donors (Lipinski definition) is 1. The van der Waals surface area contributed by atoms with Gasteiger partial charge in [-0.15, -0.1) is 0 Å². The molecule has 0 fully saturated rings. The van der Waals surface area contributed by atoms with Crippen LogP contribution in [0.25, 0.3) is 0 Å². The molecule has 86 valence electrons. The van der Waals surface area contributed by atoms with Gasteiger partial charge in [0.25, 0.3) is 0 Å². The zero-order chi connectivity index (χ0) is 11.0. The van der Waals surface area contributed by atoms with Gasteiger partial charge >= 0.3 is 0 Å². The molecule has 0 aliphatic carbocycles. The third kappa shape index (κ3) is 10.4. The Hall–Kier alpha value is 0.310. The molecule has 0 heterocycles. The van der Waals surface area contributed by atoms with E-state index in [4.69, 9.17) is 0 Å². The Labute approximate surface area is 94.4 Å². The third-order valence-corrected chi connectivity index (χ3v) is 3.64. The largest absolute Gasteiger partial charge is 0.316 e. The van der Waals surface area contributed by atoms with E-state index in [2.05, 4.69) is 51.7 Å². The van der Waals surface area contributed by atoms with E-state index in [1.54, 1.807) is 0 Å². The molecule has 0 rings (SSSR count). The molecule has 1 nitrogen and oxygen atoms in total. The standard InChI is InChI=1S/C12H27NS/c1-10(2)6-7-13-8-12(5)14-9-11(3)4/h10-13H,6-9H2,1-5H3. The SMILES string of the molecule is CC(C)CCNCC(C)SCC(C)C. The van der Waals surface area contributed by atoms with Gasteiger partial charge in [0.2, 0.25) is 0 Å². The van der Waals surface area contributed by atoms with Crippen molar-refractivity contribution in [2.24, 2.45) is 11.8 Å². The lowest BCUT2D eigenvalue weighted by molar-refractivity contribution is 0.538. The van der Waals surface area contributed by atoms with Crippen molar-refractivity contribution < 1.29 is 0 Å². The zero-order valence-electron chi connectivity index (χ0n) is 10.5. The fraction of sp³-hybridized carbons (Fsp3) is 1.00. The Morgan fingerprint density at radius 1 is 1.00 bits per heavy atom. The van der Waals surface area contributed by atoms with Gasteiger partial charge in [-0.2, -0.15) is 11.8 Å². The van der Waals surface area contributed by atoms with Crippen molar-refractivity contribution in [1.29, 1.82) is 0 Å². The first-order valence-corrected chi connectivity index (χ1v) is 6.89. The van der Waals surface area contributed by atoms with Crippen LogP contribution in [0.4, 0.5) is 0 Å². The highest BCUT2D eigenvalue weighted by atomic mass is 32.2. The van der Waals surface area contributed by atoms with Gasteiger partial charge in [0.05, 0.1) is 0 Å². The molecule has 0 aromatic carbocycles. The van der Waals surface area contributed by atoms with Crippen LogP contribution in [0.5, 0.6) is 0 Å². The van der Waals surface area contributed by atoms with Crippen molar-refractivity contribution >= 4 is 11.8 Å². The lowest BCUT2D eigenvalue weighted by atomic mass is 10.1. The Morgan fingerprint density at radius 2 is 1.64 bits per heavy atom. The molecule has 0 amide bonds. The van der Waals surface area contributed by atoms with Crippen LogP contribution in [0.2, 0.25) is 0 Å². The Morgan fingerprint density at radius 3 is 2.14 bits per heavy atom. The number of nitrogens with one attached hydrogen (secondary N) is 1. The van der Waals surface area contributed by atoms with E-state index in [9.17, 15) is 0 Å². The van der Waals surface area contributed by atoms with E-state index < -0.39 is 0 Å². The molecule has 0 spiro atoms. The van der Waals surface area contributed by atoms with Crippen LogP contribution >= 0.6 is 11.8 Å². The van der Waals surface area contributed by atoms with Gasteiger partial charge < -0.3 is 5.32 Å². The van der Waals surface area contributed by atoms with Gasteiger partial charge in [-0.25, -0.2) is 0 Å². The minimum atomic E-state index is 0.754. The van der Waals surface area contributed by atoms with Crippen LogP contribution < -0.4 is 5.32 Å². The molecular weight excluding hydrogens is 190 g/mol. The maximum atomic E-state index is 3.52. The van der Waals surface area contributed by atoms with Crippen molar-refractivity contribution in [2.45, 2.75) is 46.3 Å². The maximum Gasteiger partial charge on any atom is 0.0144 e. The molecule has 0 aromatic heterocycles. The van der Waals surface area contributed by atoms with E-state index in [1.807, 2.05) is 0 Å². The molecule has 0 aliphatic rings. The highest BCUT2D eigenvalue weighted by molar-refractivity contribution is 7.99. The Bertz CT molecular complexity index is 123. The summed E-state index contributed by atoms with van der Waals surface area (Å²) in [6.07, 6.45) is 1.29. The van der Waals surface area contributed by atoms with Crippen molar-refractivity contribution in [3.63, 3.8) is 0 Å². The first-order chi connectivity index (χ1) is 6.52. The van der Waals surface area contributed by atoms with Crippen LogP contribution in [0.1, 0.15) is 41.0 Å². The maximum absolute atomic E-state index is 3.52. The lowest BCUT2D eigenvalue weighted by Crippen LogP contribution is -2.25. The van der Waals surface area contributed by atoms with Gasteiger partial charge in [-0.05, 0) is 30.6 Å².